The third-order valence-electron chi connectivity index (χ3n) is 5.43. The van der Waals surface area contributed by atoms with E-state index in [4.69, 9.17) is 9.47 Å². The Labute approximate surface area is 158 Å². The summed E-state index contributed by atoms with van der Waals surface area (Å²) < 4.78 is 10.8. The van der Waals surface area contributed by atoms with Gasteiger partial charge in [-0.15, -0.1) is 0 Å². The lowest BCUT2D eigenvalue weighted by molar-refractivity contribution is -0.131. The van der Waals surface area contributed by atoms with Crippen LogP contribution in [0.15, 0.2) is 36.4 Å². The van der Waals surface area contributed by atoms with Crippen LogP contribution in [0.25, 0.3) is 10.9 Å². The van der Waals surface area contributed by atoms with Crippen LogP contribution in [0.1, 0.15) is 22.4 Å². The Kier molecular flexibility index (Phi) is 4.52. The number of fused-ring (bicyclic) bond motifs is 2. The Morgan fingerprint density at radius 2 is 1.81 bits per heavy atom. The number of H-pyrrole nitrogens is 1. The van der Waals surface area contributed by atoms with Crippen molar-refractivity contribution in [2.45, 2.75) is 26.3 Å². The van der Waals surface area contributed by atoms with Crippen molar-refractivity contribution in [3.63, 3.8) is 0 Å². The van der Waals surface area contributed by atoms with Gasteiger partial charge in [-0.05, 0) is 48.2 Å². The molecule has 0 saturated heterocycles. The fourth-order valence-corrected chi connectivity index (χ4v) is 3.92. The third-order valence-corrected chi connectivity index (χ3v) is 5.43. The smallest absolute Gasteiger partial charge is 0.227 e. The first-order valence-corrected chi connectivity index (χ1v) is 9.18. The zero-order valence-electron chi connectivity index (χ0n) is 16.0. The number of hydrogen-bond acceptors (Lipinski definition) is 3. The second-order valence-corrected chi connectivity index (χ2v) is 6.99. The zero-order chi connectivity index (χ0) is 19.0. The Bertz CT molecular complexity index is 1010. The van der Waals surface area contributed by atoms with Gasteiger partial charge in [0.25, 0.3) is 0 Å². The van der Waals surface area contributed by atoms with E-state index in [-0.39, 0.29) is 5.91 Å². The predicted molar refractivity (Wildman–Crippen MR) is 105 cm³/mol. The van der Waals surface area contributed by atoms with E-state index in [1.165, 1.54) is 5.56 Å². The molecule has 1 aliphatic heterocycles. The molecule has 0 atom stereocenters. The van der Waals surface area contributed by atoms with E-state index in [2.05, 4.69) is 11.1 Å². The lowest BCUT2D eigenvalue weighted by Crippen LogP contribution is -2.37. The normalized spacial score (nSPS) is 13.5. The van der Waals surface area contributed by atoms with Gasteiger partial charge < -0.3 is 19.4 Å². The number of carbonyl (C=O) groups is 1. The van der Waals surface area contributed by atoms with Gasteiger partial charge in [0.1, 0.15) is 0 Å². The minimum atomic E-state index is 0.156. The summed E-state index contributed by atoms with van der Waals surface area (Å²) >= 11 is 0. The molecule has 2 heterocycles. The monoisotopic (exact) mass is 364 g/mol. The highest BCUT2D eigenvalue weighted by atomic mass is 16.5. The molecule has 5 heteroatoms. The fourth-order valence-electron chi connectivity index (χ4n) is 3.92. The van der Waals surface area contributed by atoms with Crippen LogP contribution in [0.3, 0.4) is 0 Å². The van der Waals surface area contributed by atoms with Crippen molar-refractivity contribution in [3.8, 4) is 11.5 Å². The van der Waals surface area contributed by atoms with Crippen LogP contribution in [0.2, 0.25) is 0 Å². The van der Waals surface area contributed by atoms with Gasteiger partial charge in [0.15, 0.2) is 11.5 Å². The van der Waals surface area contributed by atoms with E-state index in [0.717, 1.165) is 46.4 Å². The molecule has 0 spiro atoms. The number of methoxy groups -OCH3 is 2. The summed E-state index contributed by atoms with van der Waals surface area (Å²) in [4.78, 5) is 18.3. The lowest BCUT2D eigenvalue weighted by atomic mass is 9.98. The summed E-state index contributed by atoms with van der Waals surface area (Å²) in [5, 5.41) is 1.13. The van der Waals surface area contributed by atoms with Gasteiger partial charge in [0.2, 0.25) is 5.91 Å². The van der Waals surface area contributed by atoms with E-state index in [9.17, 15) is 4.79 Å². The number of aromatic amines is 1. The first kappa shape index (κ1) is 17.5. The molecule has 1 aliphatic rings. The molecule has 1 amide bonds. The molecule has 0 fully saturated rings. The van der Waals surface area contributed by atoms with Crippen LogP contribution in [0.4, 0.5) is 0 Å². The van der Waals surface area contributed by atoms with Crippen LogP contribution in [-0.2, 0) is 24.2 Å². The maximum atomic E-state index is 13.0. The van der Waals surface area contributed by atoms with E-state index in [1.807, 2.05) is 42.2 Å². The molecular weight excluding hydrogens is 340 g/mol. The maximum absolute atomic E-state index is 13.0. The highest BCUT2D eigenvalue weighted by Gasteiger charge is 2.24. The maximum Gasteiger partial charge on any atom is 0.227 e. The molecule has 0 saturated carbocycles. The highest BCUT2D eigenvalue weighted by molar-refractivity contribution is 5.90. The first-order chi connectivity index (χ1) is 13.1. The van der Waals surface area contributed by atoms with Gasteiger partial charge in [-0.25, -0.2) is 0 Å². The van der Waals surface area contributed by atoms with E-state index < -0.39 is 0 Å². The SMILES string of the molecule is COc1cc2c(cc1OC)CN(C(=O)Cc1c(C)[nH]c3ccccc13)CC2. The van der Waals surface area contributed by atoms with Gasteiger partial charge in [0.05, 0.1) is 20.6 Å². The Morgan fingerprint density at radius 1 is 1.11 bits per heavy atom. The fraction of sp³-hybridized carbons (Fsp3) is 0.318. The van der Waals surface area contributed by atoms with Crippen molar-refractivity contribution in [3.05, 3.63) is 58.8 Å². The van der Waals surface area contributed by atoms with Crippen molar-refractivity contribution in [2.75, 3.05) is 20.8 Å². The van der Waals surface area contributed by atoms with Crippen molar-refractivity contribution >= 4 is 16.8 Å². The second-order valence-electron chi connectivity index (χ2n) is 6.99. The van der Waals surface area contributed by atoms with Crippen molar-refractivity contribution in [1.29, 1.82) is 0 Å². The quantitative estimate of drug-likeness (QED) is 0.769. The number of hydrogen-bond donors (Lipinski definition) is 1. The van der Waals surface area contributed by atoms with Gasteiger partial charge in [0, 0.05) is 29.7 Å². The number of ether oxygens (including phenoxy) is 2. The summed E-state index contributed by atoms with van der Waals surface area (Å²) in [5.74, 6) is 1.60. The molecule has 1 aromatic heterocycles. The lowest BCUT2D eigenvalue weighted by Gasteiger charge is -2.29. The number of para-hydroxylation sites is 1. The van der Waals surface area contributed by atoms with E-state index in [1.54, 1.807) is 14.2 Å². The van der Waals surface area contributed by atoms with Crippen LogP contribution in [0, 0.1) is 6.92 Å². The number of rotatable bonds is 4. The number of nitrogens with zero attached hydrogens (tertiary/aromatic N) is 1. The number of benzene rings is 2. The Balaban J connectivity index is 1.56. The molecule has 5 nitrogen and oxygen atoms in total. The molecule has 0 unspecified atom stereocenters. The molecule has 27 heavy (non-hydrogen) atoms. The number of amides is 1. The van der Waals surface area contributed by atoms with Gasteiger partial charge >= 0.3 is 0 Å². The molecule has 2 aromatic carbocycles. The Hall–Kier alpha value is -2.95. The number of aryl methyl sites for hydroxylation is 1. The van der Waals surface area contributed by atoms with E-state index in [0.29, 0.717) is 18.7 Å². The summed E-state index contributed by atoms with van der Waals surface area (Å²) in [7, 11) is 3.28. The minimum Gasteiger partial charge on any atom is -0.493 e. The van der Waals surface area contributed by atoms with Crippen LogP contribution in [-0.4, -0.2) is 36.6 Å². The van der Waals surface area contributed by atoms with Gasteiger partial charge in [-0.2, -0.15) is 0 Å². The molecule has 1 N–H and O–H groups in total. The molecule has 0 aliphatic carbocycles. The molecule has 0 bridgehead atoms. The average molecular weight is 364 g/mol. The third kappa shape index (κ3) is 3.14. The highest BCUT2D eigenvalue weighted by Crippen LogP contribution is 2.33. The second kappa shape index (κ2) is 6.99. The molecule has 140 valence electrons. The van der Waals surface area contributed by atoms with Gasteiger partial charge in [-0.1, -0.05) is 18.2 Å². The molecule has 4 rings (SSSR count). The summed E-state index contributed by atoms with van der Waals surface area (Å²) in [6.45, 7) is 3.36. The molecule has 0 radical (unpaired) electrons. The first-order valence-electron chi connectivity index (χ1n) is 9.18. The average Bonchev–Trinajstić information content (AvgIpc) is 3.01. The summed E-state index contributed by atoms with van der Waals surface area (Å²) in [6.07, 6.45) is 1.24. The number of carbonyl (C=O) groups excluding carboxylic acids is 1. The van der Waals surface area contributed by atoms with Crippen molar-refractivity contribution < 1.29 is 14.3 Å². The molecular formula is C22H24N2O3. The molecule has 3 aromatic rings. The van der Waals surface area contributed by atoms with Crippen LogP contribution >= 0.6 is 0 Å². The number of aromatic nitrogens is 1. The zero-order valence-corrected chi connectivity index (χ0v) is 16.0. The van der Waals surface area contributed by atoms with Crippen molar-refractivity contribution in [1.82, 2.24) is 9.88 Å². The van der Waals surface area contributed by atoms with E-state index >= 15 is 0 Å². The minimum absolute atomic E-state index is 0.156. The van der Waals surface area contributed by atoms with Crippen LogP contribution < -0.4 is 9.47 Å². The predicted octanol–water partition coefficient (Wildman–Crippen LogP) is 3.62. The topological polar surface area (TPSA) is 54.6 Å². The standard InChI is InChI=1S/C22H24N2O3/c1-14-18(17-6-4-5-7-19(17)23-14)12-22(25)24-9-8-15-10-20(26-2)21(27-3)11-16(15)13-24/h4-7,10-11,23H,8-9,12-13H2,1-3H3. The van der Waals surface area contributed by atoms with Gasteiger partial charge in [-0.3, -0.25) is 4.79 Å². The summed E-state index contributed by atoms with van der Waals surface area (Å²) in [6, 6.07) is 12.2. The number of nitrogens with one attached hydrogen (secondary N) is 1. The van der Waals surface area contributed by atoms with Crippen LogP contribution in [0.5, 0.6) is 11.5 Å². The largest absolute Gasteiger partial charge is 0.493 e. The Morgan fingerprint density at radius 3 is 2.56 bits per heavy atom. The summed E-state index contributed by atoms with van der Waals surface area (Å²) in [5.41, 5.74) is 5.59. The van der Waals surface area contributed by atoms with Crippen molar-refractivity contribution in [2.24, 2.45) is 0 Å².